The first-order valence-electron chi connectivity index (χ1n) is 5.71. The number of nitrogens with zero attached hydrogens (tertiary/aromatic N) is 2. The fourth-order valence-electron chi connectivity index (χ4n) is 2.08. The van der Waals surface area contributed by atoms with Crippen molar-refractivity contribution >= 4 is 17.4 Å². The predicted octanol–water partition coefficient (Wildman–Crippen LogP) is 3.03. The van der Waals surface area contributed by atoms with E-state index in [0.29, 0.717) is 22.5 Å². The van der Waals surface area contributed by atoms with Gasteiger partial charge in [-0.15, -0.1) is 0 Å². The Morgan fingerprint density at radius 2 is 2.24 bits per heavy atom. The summed E-state index contributed by atoms with van der Waals surface area (Å²) in [4.78, 5) is 2.09. The van der Waals surface area contributed by atoms with E-state index in [1.807, 2.05) is 17.8 Å². The second kappa shape index (κ2) is 4.97. The molecule has 0 aromatic heterocycles. The summed E-state index contributed by atoms with van der Waals surface area (Å²) in [6.45, 7) is 5.15. The average molecular weight is 250 g/mol. The van der Waals surface area contributed by atoms with Crippen LogP contribution in [0.2, 0.25) is 0 Å². The molecule has 1 aliphatic rings. The molecule has 0 radical (unpaired) electrons. The largest absolute Gasteiger partial charge is 0.365 e. The number of benzene rings is 1. The molecule has 1 aromatic carbocycles. The van der Waals surface area contributed by atoms with Gasteiger partial charge in [-0.1, -0.05) is 6.92 Å². The van der Waals surface area contributed by atoms with Crippen LogP contribution in [-0.4, -0.2) is 23.6 Å². The molecule has 2 atom stereocenters. The Labute approximate surface area is 105 Å². The van der Waals surface area contributed by atoms with Gasteiger partial charge in [0.25, 0.3) is 0 Å². The Bertz CT molecular complexity index is 455. The first kappa shape index (κ1) is 12.3. The van der Waals surface area contributed by atoms with Crippen molar-refractivity contribution in [1.82, 2.24) is 0 Å². The molecular formula is C13H15FN2S. The second-order valence-electron chi connectivity index (χ2n) is 4.29. The third-order valence-electron chi connectivity index (χ3n) is 3.27. The van der Waals surface area contributed by atoms with Crippen LogP contribution in [0, 0.1) is 17.1 Å². The van der Waals surface area contributed by atoms with Crippen LogP contribution < -0.4 is 4.90 Å². The second-order valence-corrected chi connectivity index (χ2v) is 5.77. The Morgan fingerprint density at radius 1 is 1.47 bits per heavy atom. The first-order valence-corrected chi connectivity index (χ1v) is 6.76. The highest BCUT2D eigenvalue weighted by Gasteiger charge is 2.26. The molecule has 2 unspecified atom stereocenters. The maximum atomic E-state index is 13.9. The van der Waals surface area contributed by atoms with Gasteiger partial charge in [-0.3, -0.25) is 0 Å². The first-order chi connectivity index (χ1) is 8.13. The molecule has 0 N–H and O–H groups in total. The highest BCUT2D eigenvalue weighted by atomic mass is 32.2. The Hall–Kier alpha value is -1.21. The lowest BCUT2D eigenvalue weighted by molar-refractivity contribution is 0.582. The van der Waals surface area contributed by atoms with Gasteiger partial charge < -0.3 is 4.90 Å². The van der Waals surface area contributed by atoms with Crippen LogP contribution in [0.25, 0.3) is 0 Å². The van der Waals surface area contributed by atoms with Crippen molar-refractivity contribution in [3.05, 3.63) is 29.6 Å². The summed E-state index contributed by atoms with van der Waals surface area (Å²) in [5.41, 5.74) is 0.988. The molecule has 4 heteroatoms. The molecule has 1 saturated heterocycles. The van der Waals surface area contributed by atoms with Crippen LogP contribution in [0.3, 0.4) is 0 Å². The maximum Gasteiger partial charge on any atom is 0.147 e. The molecule has 2 nitrogen and oxygen atoms in total. The highest BCUT2D eigenvalue weighted by molar-refractivity contribution is 8.00. The van der Waals surface area contributed by atoms with E-state index in [0.717, 1.165) is 12.3 Å². The third-order valence-corrected chi connectivity index (χ3v) is 4.61. The van der Waals surface area contributed by atoms with Crippen LogP contribution in [0.15, 0.2) is 18.2 Å². The molecule has 90 valence electrons. The lowest BCUT2D eigenvalue weighted by Crippen LogP contribution is -2.45. The van der Waals surface area contributed by atoms with Gasteiger partial charge >= 0.3 is 0 Å². The Balaban J connectivity index is 2.31. The molecule has 1 heterocycles. The van der Waals surface area contributed by atoms with Crippen LogP contribution >= 0.6 is 11.8 Å². The van der Waals surface area contributed by atoms with Crippen LogP contribution in [0.1, 0.15) is 19.4 Å². The molecule has 1 fully saturated rings. The molecule has 1 aromatic rings. The van der Waals surface area contributed by atoms with Gasteiger partial charge in [0.2, 0.25) is 0 Å². The summed E-state index contributed by atoms with van der Waals surface area (Å²) in [6.07, 6.45) is 0. The number of hydrogen-bond donors (Lipinski definition) is 0. The maximum absolute atomic E-state index is 13.9. The van der Waals surface area contributed by atoms with Crippen molar-refractivity contribution in [1.29, 1.82) is 5.26 Å². The van der Waals surface area contributed by atoms with E-state index < -0.39 is 0 Å². The zero-order chi connectivity index (χ0) is 12.4. The van der Waals surface area contributed by atoms with Gasteiger partial charge in [0.1, 0.15) is 5.82 Å². The SMILES string of the molecule is CC1SCCN(c2ccc(C#N)cc2F)C1C. The summed E-state index contributed by atoms with van der Waals surface area (Å²) >= 11 is 1.92. The van der Waals surface area contributed by atoms with Gasteiger partial charge in [0.05, 0.1) is 17.3 Å². The smallest absolute Gasteiger partial charge is 0.147 e. The lowest BCUT2D eigenvalue weighted by atomic mass is 10.1. The zero-order valence-corrected chi connectivity index (χ0v) is 10.8. The van der Waals surface area contributed by atoms with Crippen LogP contribution in [0.4, 0.5) is 10.1 Å². The number of rotatable bonds is 1. The summed E-state index contributed by atoms with van der Waals surface area (Å²) in [5.74, 6) is 0.723. The Morgan fingerprint density at radius 3 is 2.88 bits per heavy atom. The lowest BCUT2D eigenvalue weighted by Gasteiger charge is -2.39. The van der Waals surface area contributed by atoms with Gasteiger partial charge in [-0.25, -0.2) is 4.39 Å². The topological polar surface area (TPSA) is 27.0 Å². The van der Waals surface area contributed by atoms with Crippen LogP contribution in [0.5, 0.6) is 0 Å². The fraction of sp³-hybridized carbons (Fsp3) is 0.462. The van der Waals surface area contributed by atoms with Gasteiger partial charge in [0.15, 0.2) is 0 Å². The molecule has 2 rings (SSSR count). The number of thioether (sulfide) groups is 1. The average Bonchev–Trinajstić information content (AvgIpc) is 2.33. The third kappa shape index (κ3) is 2.39. The quantitative estimate of drug-likeness (QED) is 0.766. The van der Waals surface area contributed by atoms with Crippen molar-refractivity contribution in [3.63, 3.8) is 0 Å². The fourth-order valence-corrected chi connectivity index (χ4v) is 3.18. The van der Waals surface area contributed by atoms with E-state index in [-0.39, 0.29) is 5.82 Å². The monoisotopic (exact) mass is 250 g/mol. The van der Waals surface area contributed by atoms with E-state index in [4.69, 9.17) is 5.26 Å². The van der Waals surface area contributed by atoms with Crippen molar-refractivity contribution in [2.75, 3.05) is 17.2 Å². The number of halogens is 1. The molecule has 0 aliphatic carbocycles. The van der Waals surface area contributed by atoms with E-state index >= 15 is 0 Å². The standard InChI is InChI=1S/C13H15FN2S/c1-9-10(2)17-6-5-16(9)13-4-3-11(8-15)7-12(13)14/h3-4,7,9-10H,5-6H2,1-2H3. The van der Waals surface area contributed by atoms with Crippen molar-refractivity contribution in [2.24, 2.45) is 0 Å². The Kier molecular flexibility index (Phi) is 3.58. The van der Waals surface area contributed by atoms with E-state index in [9.17, 15) is 4.39 Å². The zero-order valence-electron chi connectivity index (χ0n) is 9.98. The van der Waals surface area contributed by atoms with Gasteiger partial charge in [-0.05, 0) is 25.1 Å². The molecule has 0 saturated carbocycles. The van der Waals surface area contributed by atoms with E-state index in [1.54, 1.807) is 12.1 Å². The van der Waals surface area contributed by atoms with Crippen molar-refractivity contribution in [2.45, 2.75) is 25.1 Å². The minimum Gasteiger partial charge on any atom is -0.365 e. The predicted molar refractivity (Wildman–Crippen MR) is 69.8 cm³/mol. The van der Waals surface area contributed by atoms with Crippen molar-refractivity contribution in [3.8, 4) is 6.07 Å². The van der Waals surface area contributed by atoms with Crippen molar-refractivity contribution < 1.29 is 4.39 Å². The summed E-state index contributed by atoms with van der Waals surface area (Å²) in [7, 11) is 0. The molecule has 17 heavy (non-hydrogen) atoms. The van der Waals surface area contributed by atoms with Gasteiger partial charge in [-0.2, -0.15) is 17.0 Å². The summed E-state index contributed by atoms with van der Waals surface area (Å²) < 4.78 is 13.9. The normalized spacial score (nSPS) is 24.5. The molecule has 0 spiro atoms. The minimum absolute atomic E-state index is 0.296. The molecule has 0 bridgehead atoms. The summed E-state index contributed by atoms with van der Waals surface area (Å²) in [5, 5.41) is 9.22. The molecule has 1 aliphatic heterocycles. The number of anilines is 1. The number of hydrogen-bond acceptors (Lipinski definition) is 3. The highest BCUT2D eigenvalue weighted by Crippen LogP contribution is 2.30. The minimum atomic E-state index is -0.296. The van der Waals surface area contributed by atoms with E-state index in [2.05, 4.69) is 18.7 Å². The molecular weight excluding hydrogens is 235 g/mol. The summed E-state index contributed by atoms with van der Waals surface area (Å²) in [6, 6.07) is 6.98. The van der Waals surface area contributed by atoms with Crippen LogP contribution in [-0.2, 0) is 0 Å². The molecule has 0 amide bonds. The van der Waals surface area contributed by atoms with E-state index in [1.165, 1.54) is 6.07 Å². The number of nitriles is 1. The van der Waals surface area contributed by atoms with Gasteiger partial charge in [0, 0.05) is 23.6 Å².